The first-order valence-electron chi connectivity index (χ1n) is 8.08. The van der Waals surface area contributed by atoms with Gasteiger partial charge in [-0.25, -0.2) is 0 Å². The fraction of sp³-hybridized carbons (Fsp3) is 0.765. The molecule has 23 heavy (non-hydrogen) atoms. The summed E-state index contributed by atoms with van der Waals surface area (Å²) in [7, 11) is 0. The number of ether oxygens (including phenoxy) is 2. The van der Waals surface area contributed by atoms with Crippen LogP contribution in [0.2, 0.25) is 0 Å². The summed E-state index contributed by atoms with van der Waals surface area (Å²) in [5.74, 6) is -0.321. The van der Waals surface area contributed by atoms with E-state index in [0.717, 1.165) is 12.1 Å². The number of hydrogen-bond donors (Lipinski definition) is 2. The topological polar surface area (TPSA) is 76.7 Å². The lowest BCUT2D eigenvalue weighted by atomic mass is 9.99. The lowest BCUT2D eigenvalue weighted by molar-refractivity contribution is -0.131. The summed E-state index contributed by atoms with van der Waals surface area (Å²) in [5.41, 5.74) is 0.183. The average Bonchev–Trinajstić information content (AvgIpc) is 2.40. The number of carbonyl (C=O) groups excluding carboxylic acids is 2. The first-order valence-corrected chi connectivity index (χ1v) is 8.08. The maximum Gasteiger partial charge on any atom is 0.250 e. The van der Waals surface area contributed by atoms with Gasteiger partial charge in [-0.15, -0.1) is 0 Å². The van der Waals surface area contributed by atoms with Crippen LogP contribution in [0.15, 0.2) is 11.8 Å². The van der Waals surface area contributed by atoms with Crippen molar-refractivity contribution in [1.82, 2.24) is 10.6 Å². The van der Waals surface area contributed by atoms with Crippen molar-refractivity contribution in [2.75, 3.05) is 13.2 Å². The molecule has 0 heterocycles. The molecule has 0 radical (unpaired) electrons. The number of carbonyl (C=O) groups is 2. The van der Waals surface area contributed by atoms with Gasteiger partial charge in [0.2, 0.25) is 11.8 Å². The molecule has 0 bridgehead atoms. The van der Waals surface area contributed by atoms with Gasteiger partial charge in [-0.1, -0.05) is 6.92 Å². The summed E-state index contributed by atoms with van der Waals surface area (Å²) in [4.78, 5) is 23.5. The molecule has 6 heteroatoms. The minimum absolute atomic E-state index is 0.0363. The summed E-state index contributed by atoms with van der Waals surface area (Å²) in [5, 5.41) is 5.62. The quantitative estimate of drug-likeness (QED) is 0.714. The fourth-order valence-electron chi connectivity index (χ4n) is 1.74. The second-order valence-electron chi connectivity index (χ2n) is 7.42. The van der Waals surface area contributed by atoms with Gasteiger partial charge in [-0.2, -0.15) is 0 Å². The Morgan fingerprint density at radius 2 is 1.70 bits per heavy atom. The van der Waals surface area contributed by atoms with Crippen molar-refractivity contribution >= 4 is 11.8 Å². The van der Waals surface area contributed by atoms with Gasteiger partial charge in [0.25, 0.3) is 0 Å². The van der Waals surface area contributed by atoms with E-state index in [2.05, 4.69) is 10.6 Å². The molecular weight excluding hydrogens is 296 g/mol. The molecule has 0 aromatic carbocycles. The molecule has 1 aliphatic carbocycles. The fourth-order valence-corrected chi connectivity index (χ4v) is 1.74. The van der Waals surface area contributed by atoms with Crippen molar-refractivity contribution in [3.8, 4) is 0 Å². The van der Waals surface area contributed by atoms with E-state index in [4.69, 9.17) is 9.47 Å². The predicted octanol–water partition coefficient (Wildman–Crippen LogP) is 1.90. The van der Waals surface area contributed by atoms with Crippen LogP contribution in [0, 0.1) is 0 Å². The van der Waals surface area contributed by atoms with Crippen molar-refractivity contribution in [2.45, 2.75) is 71.6 Å². The number of nitrogens with one attached hydrogen (secondary N) is 2. The molecule has 1 aliphatic rings. The average molecular weight is 326 g/mol. The third kappa shape index (κ3) is 8.13. The summed E-state index contributed by atoms with van der Waals surface area (Å²) >= 11 is 0. The summed E-state index contributed by atoms with van der Waals surface area (Å²) in [6.45, 7) is 11.7. The number of amides is 2. The molecule has 2 N–H and O–H groups in total. The van der Waals surface area contributed by atoms with Crippen LogP contribution >= 0.6 is 0 Å². The Kier molecular flexibility index (Phi) is 6.77. The zero-order valence-electron chi connectivity index (χ0n) is 15.1. The highest BCUT2D eigenvalue weighted by Crippen LogP contribution is 2.17. The second kappa shape index (κ2) is 7.93. The van der Waals surface area contributed by atoms with E-state index in [1.54, 1.807) is 0 Å². The van der Waals surface area contributed by atoms with Crippen LogP contribution < -0.4 is 10.6 Å². The molecule has 6 nitrogen and oxygen atoms in total. The van der Waals surface area contributed by atoms with Gasteiger partial charge in [-0.05, 0) is 47.1 Å². The first kappa shape index (κ1) is 19.6. The van der Waals surface area contributed by atoms with E-state index >= 15 is 0 Å². The molecule has 0 aliphatic heterocycles. The Morgan fingerprint density at radius 1 is 1.13 bits per heavy atom. The lowest BCUT2D eigenvalue weighted by Crippen LogP contribution is -2.44. The van der Waals surface area contributed by atoms with Crippen LogP contribution in [-0.4, -0.2) is 42.3 Å². The van der Waals surface area contributed by atoms with Gasteiger partial charge in [0, 0.05) is 12.1 Å². The molecule has 132 valence electrons. The molecule has 0 saturated heterocycles. The van der Waals surface area contributed by atoms with Crippen molar-refractivity contribution in [3.05, 3.63) is 11.8 Å². The second-order valence-corrected chi connectivity index (χ2v) is 7.42. The molecular formula is C17H30N2O4. The Balaban J connectivity index is 2.24. The highest BCUT2D eigenvalue weighted by atomic mass is 16.5. The van der Waals surface area contributed by atoms with Crippen LogP contribution in [0.3, 0.4) is 0 Å². The molecule has 0 aromatic rings. The maximum atomic E-state index is 11.8. The minimum atomic E-state index is -0.335. The van der Waals surface area contributed by atoms with E-state index in [1.807, 2.05) is 47.6 Å². The van der Waals surface area contributed by atoms with Crippen LogP contribution in [0.25, 0.3) is 0 Å². The summed E-state index contributed by atoms with van der Waals surface area (Å²) in [6.07, 6.45) is 3.29. The molecule has 0 fully saturated rings. The van der Waals surface area contributed by atoms with Crippen LogP contribution in [0.1, 0.15) is 54.4 Å². The number of hydrogen-bond acceptors (Lipinski definition) is 4. The minimum Gasteiger partial charge on any atom is -0.366 e. The highest BCUT2D eigenvalue weighted by Gasteiger charge is 2.24. The van der Waals surface area contributed by atoms with E-state index in [1.165, 1.54) is 0 Å². The van der Waals surface area contributed by atoms with Gasteiger partial charge in [-0.3, -0.25) is 9.59 Å². The van der Waals surface area contributed by atoms with E-state index in [-0.39, 0.29) is 42.3 Å². The van der Waals surface area contributed by atoms with Crippen LogP contribution in [-0.2, 0) is 19.1 Å². The van der Waals surface area contributed by atoms with Crippen LogP contribution in [0.4, 0.5) is 0 Å². The van der Waals surface area contributed by atoms with Crippen molar-refractivity contribution in [1.29, 1.82) is 0 Å². The van der Waals surface area contributed by atoms with Crippen molar-refractivity contribution in [2.24, 2.45) is 0 Å². The molecule has 1 rings (SSSR count). The largest absolute Gasteiger partial charge is 0.366 e. The Morgan fingerprint density at radius 3 is 2.22 bits per heavy atom. The monoisotopic (exact) mass is 326 g/mol. The Labute approximate surface area is 139 Å². The SMILES string of the molecule is CCC(C)(C)OCC(=O)NC1=CC(NC(=O)COC(C)(C)C)C1. The van der Waals surface area contributed by atoms with Gasteiger partial charge in [0.05, 0.1) is 17.2 Å². The maximum absolute atomic E-state index is 11.8. The molecule has 0 saturated carbocycles. The third-order valence-corrected chi connectivity index (χ3v) is 3.57. The van der Waals surface area contributed by atoms with Crippen molar-refractivity contribution in [3.63, 3.8) is 0 Å². The zero-order valence-corrected chi connectivity index (χ0v) is 15.1. The first-order chi connectivity index (χ1) is 10.5. The number of rotatable bonds is 8. The molecule has 1 unspecified atom stereocenters. The smallest absolute Gasteiger partial charge is 0.250 e. The third-order valence-electron chi connectivity index (χ3n) is 3.57. The standard InChI is InChI=1S/C17H30N2O4/c1-7-17(5,6)23-11-15(21)19-13-8-12(9-13)18-14(20)10-22-16(2,3)4/h8,12H,7,9-11H2,1-6H3,(H,18,20)(H,19,21). The van der Waals surface area contributed by atoms with Gasteiger partial charge < -0.3 is 20.1 Å². The summed E-state index contributed by atoms with van der Waals surface area (Å²) in [6, 6.07) is -0.0469. The highest BCUT2D eigenvalue weighted by molar-refractivity contribution is 5.80. The Bertz CT molecular complexity index is 464. The van der Waals surface area contributed by atoms with Crippen LogP contribution in [0.5, 0.6) is 0 Å². The van der Waals surface area contributed by atoms with Crippen molar-refractivity contribution < 1.29 is 19.1 Å². The molecule has 0 aromatic heterocycles. The molecule has 1 atom stereocenters. The predicted molar refractivity (Wildman–Crippen MR) is 88.8 cm³/mol. The van der Waals surface area contributed by atoms with Gasteiger partial charge >= 0.3 is 0 Å². The van der Waals surface area contributed by atoms with Gasteiger partial charge in [0.1, 0.15) is 13.2 Å². The van der Waals surface area contributed by atoms with E-state index in [0.29, 0.717) is 6.42 Å². The molecule has 2 amide bonds. The van der Waals surface area contributed by atoms with Gasteiger partial charge in [0.15, 0.2) is 0 Å². The normalized spacial score (nSPS) is 18.0. The van der Waals surface area contributed by atoms with E-state index in [9.17, 15) is 9.59 Å². The lowest BCUT2D eigenvalue weighted by Gasteiger charge is -2.28. The summed E-state index contributed by atoms with van der Waals surface area (Å²) < 4.78 is 10.9. The Hall–Kier alpha value is -1.40. The molecule has 0 spiro atoms. The van der Waals surface area contributed by atoms with E-state index < -0.39 is 0 Å². The zero-order chi connectivity index (χ0) is 17.7.